The van der Waals surface area contributed by atoms with Crippen LogP contribution in [0.15, 0.2) is 55.1 Å². The SMILES string of the molecule is NC(=O)CC(c1ccc(-c2ccc(F)c(Cl)c2)cc1)n1cncn1. The van der Waals surface area contributed by atoms with Gasteiger partial charge in [0.15, 0.2) is 0 Å². The lowest BCUT2D eigenvalue weighted by atomic mass is 9.99. The number of carbonyl (C=O) groups excluding carboxylic acids is 1. The van der Waals surface area contributed by atoms with E-state index in [1.165, 1.54) is 12.4 Å². The van der Waals surface area contributed by atoms with E-state index in [1.807, 2.05) is 24.3 Å². The molecule has 1 atom stereocenters. The maximum atomic E-state index is 13.3. The van der Waals surface area contributed by atoms with Crippen LogP contribution in [0.3, 0.4) is 0 Å². The van der Waals surface area contributed by atoms with Gasteiger partial charge in [-0.1, -0.05) is 41.9 Å². The lowest BCUT2D eigenvalue weighted by Gasteiger charge is -2.16. The van der Waals surface area contributed by atoms with Crippen LogP contribution in [0.25, 0.3) is 11.1 Å². The molecule has 5 nitrogen and oxygen atoms in total. The molecule has 2 N–H and O–H groups in total. The topological polar surface area (TPSA) is 73.8 Å². The fourth-order valence-corrected chi connectivity index (χ4v) is 2.69. The summed E-state index contributed by atoms with van der Waals surface area (Å²) in [6.45, 7) is 0. The number of nitrogens with zero attached hydrogens (tertiary/aromatic N) is 3. The maximum Gasteiger partial charge on any atom is 0.219 e. The number of hydrogen-bond donors (Lipinski definition) is 1. The van der Waals surface area contributed by atoms with E-state index >= 15 is 0 Å². The summed E-state index contributed by atoms with van der Waals surface area (Å²) in [5, 5.41) is 4.16. The van der Waals surface area contributed by atoms with Gasteiger partial charge in [-0.15, -0.1) is 0 Å². The number of carbonyl (C=O) groups is 1. The molecule has 0 bridgehead atoms. The van der Waals surface area contributed by atoms with Gasteiger partial charge in [0, 0.05) is 0 Å². The fourth-order valence-electron chi connectivity index (χ4n) is 2.51. The second kappa shape index (κ2) is 6.80. The van der Waals surface area contributed by atoms with Crippen LogP contribution >= 0.6 is 11.6 Å². The summed E-state index contributed by atoms with van der Waals surface area (Å²) >= 11 is 5.83. The van der Waals surface area contributed by atoms with E-state index in [4.69, 9.17) is 17.3 Å². The molecule has 0 aliphatic rings. The normalized spacial score (nSPS) is 12.1. The van der Waals surface area contributed by atoms with Gasteiger partial charge < -0.3 is 5.73 Å². The molecule has 0 fully saturated rings. The van der Waals surface area contributed by atoms with E-state index < -0.39 is 11.7 Å². The van der Waals surface area contributed by atoms with Crippen LogP contribution in [0.2, 0.25) is 5.02 Å². The molecular weight excluding hydrogens is 331 g/mol. The maximum absolute atomic E-state index is 13.3. The van der Waals surface area contributed by atoms with E-state index in [0.717, 1.165) is 16.7 Å². The Morgan fingerprint density at radius 2 is 1.92 bits per heavy atom. The number of aromatic nitrogens is 3. The Bertz CT molecular complexity index is 850. The highest BCUT2D eigenvalue weighted by Gasteiger charge is 2.17. The Morgan fingerprint density at radius 3 is 2.50 bits per heavy atom. The van der Waals surface area contributed by atoms with Crippen molar-refractivity contribution in [3.63, 3.8) is 0 Å². The Hall–Kier alpha value is -2.73. The van der Waals surface area contributed by atoms with Crippen LogP contribution in [0.5, 0.6) is 0 Å². The van der Waals surface area contributed by atoms with Crippen LogP contribution in [0, 0.1) is 5.82 Å². The highest BCUT2D eigenvalue weighted by atomic mass is 35.5. The molecule has 1 amide bonds. The molecule has 7 heteroatoms. The first-order valence-electron chi connectivity index (χ1n) is 7.22. The van der Waals surface area contributed by atoms with E-state index in [0.29, 0.717) is 0 Å². The smallest absolute Gasteiger partial charge is 0.219 e. The van der Waals surface area contributed by atoms with Crippen molar-refractivity contribution in [2.45, 2.75) is 12.5 Å². The molecule has 122 valence electrons. The minimum Gasteiger partial charge on any atom is -0.370 e. The van der Waals surface area contributed by atoms with Crippen molar-refractivity contribution in [1.82, 2.24) is 14.8 Å². The standard InChI is InChI=1S/C17H14ClFN4O/c18-14-7-13(5-6-15(14)19)11-1-3-12(4-2-11)16(8-17(20)24)23-10-21-9-22-23/h1-7,9-10,16H,8H2,(H2,20,24). The molecule has 0 spiro atoms. The van der Waals surface area contributed by atoms with Gasteiger partial charge in [0.1, 0.15) is 18.5 Å². The van der Waals surface area contributed by atoms with E-state index in [9.17, 15) is 9.18 Å². The molecule has 2 aromatic carbocycles. The van der Waals surface area contributed by atoms with Gasteiger partial charge in [-0.25, -0.2) is 14.1 Å². The second-order valence-corrected chi connectivity index (χ2v) is 5.72. The zero-order valence-corrected chi connectivity index (χ0v) is 13.3. The zero-order valence-electron chi connectivity index (χ0n) is 12.6. The Morgan fingerprint density at radius 1 is 1.21 bits per heavy atom. The van der Waals surface area contributed by atoms with Gasteiger partial charge >= 0.3 is 0 Å². The molecule has 1 heterocycles. The van der Waals surface area contributed by atoms with Gasteiger partial charge in [0.25, 0.3) is 0 Å². The Labute approximate surface area is 142 Å². The minimum atomic E-state index is -0.454. The van der Waals surface area contributed by atoms with Crippen molar-refractivity contribution in [3.8, 4) is 11.1 Å². The van der Waals surface area contributed by atoms with E-state index in [-0.39, 0.29) is 17.5 Å². The number of rotatable bonds is 5. The Balaban J connectivity index is 1.92. The van der Waals surface area contributed by atoms with Gasteiger partial charge in [0.05, 0.1) is 17.5 Å². The molecule has 1 aromatic heterocycles. The van der Waals surface area contributed by atoms with Crippen molar-refractivity contribution < 1.29 is 9.18 Å². The summed E-state index contributed by atoms with van der Waals surface area (Å²) in [7, 11) is 0. The number of benzene rings is 2. The first kappa shape index (κ1) is 16.1. The average molecular weight is 345 g/mol. The van der Waals surface area contributed by atoms with Crippen LogP contribution < -0.4 is 5.73 Å². The van der Waals surface area contributed by atoms with Crippen molar-refractivity contribution in [2.24, 2.45) is 5.73 Å². The predicted molar refractivity (Wildman–Crippen MR) is 88.8 cm³/mol. The summed E-state index contributed by atoms with van der Waals surface area (Å²) in [6, 6.07) is 11.8. The summed E-state index contributed by atoms with van der Waals surface area (Å²) in [5.74, 6) is -0.880. The number of halogens is 2. The van der Waals surface area contributed by atoms with Crippen molar-refractivity contribution in [2.75, 3.05) is 0 Å². The average Bonchev–Trinajstić information content (AvgIpc) is 3.09. The number of nitrogens with two attached hydrogens (primary N) is 1. The first-order chi connectivity index (χ1) is 11.5. The molecule has 3 aromatic rings. The number of primary amides is 1. The summed E-state index contributed by atoms with van der Waals surface area (Å²) in [4.78, 5) is 15.3. The van der Waals surface area contributed by atoms with Crippen LogP contribution in [-0.4, -0.2) is 20.7 Å². The molecular formula is C17H14ClFN4O. The van der Waals surface area contributed by atoms with Crippen molar-refractivity contribution >= 4 is 17.5 Å². The fraction of sp³-hybridized carbons (Fsp3) is 0.118. The highest BCUT2D eigenvalue weighted by Crippen LogP contribution is 2.27. The molecule has 24 heavy (non-hydrogen) atoms. The molecule has 0 aliphatic heterocycles. The lowest BCUT2D eigenvalue weighted by Crippen LogP contribution is -2.20. The second-order valence-electron chi connectivity index (χ2n) is 5.31. The molecule has 3 rings (SSSR count). The van der Waals surface area contributed by atoms with Crippen molar-refractivity contribution in [1.29, 1.82) is 0 Å². The number of amides is 1. The van der Waals surface area contributed by atoms with Crippen LogP contribution in [0.4, 0.5) is 4.39 Å². The van der Waals surface area contributed by atoms with Crippen LogP contribution in [0.1, 0.15) is 18.0 Å². The first-order valence-corrected chi connectivity index (χ1v) is 7.60. The molecule has 0 saturated heterocycles. The van der Waals surface area contributed by atoms with Gasteiger partial charge in [-0.3, -0.25) is 4.79 Å². The largest absolute Gasteiger partial charge is 0.370 e. The van der Waals surface area contributed by atoms with Gasteiger partial charge in [-0.05, 0) is 28.8 Å². The van der Waals surface area contributed by atoms with E-state index in [1.54, 1.807) is 23.1 Å². The monoisotopic (exact) mass is 344 g/mol. The summed E-state index contributed by atoms with van der Waals surface area (Å²) in [5.41, 5.74) is 7.90. The predicted octanol–water partition coefficient (Wildman–Crippen LogP) is 3.20. The highest BCUT2D eigenvalue weighted by molar-refractivity contribution is 6.31. The molecule has 0 aliphatic carbocycles. The molecule has 1 unspecified atom stereocenters. The third-order valence-electron chi connectivity index (χ3n) is 3.70. The van der Waals surface area contributed by atoms with Crippen molar-refractivity contribution in [3.05, 3.63) is 71.5 Å². The van der Waals surface area contributed by atoms with Gasteiger partial charge in [0.2, 0.25) is 5.91 Å². The molecule has 0 radical (unpaired) electrons. The Kier molecular flexibility index (Phi) is 4.57. The van der Waals surface area contributed by atoms with Crippen LogP contribution in [-0.2, 0) is 4.79 Å². The quantitative estimate of drug-likeness (QED) is 0.772. The zero-order chi connectivity index (χ0) is 17.1. The summed E-state index contributed by atoms with van der Waals surface area (Å²) in [6.07, 6.45) is 3.06. The lowest BCUT2D eigenvalue weighted by molar-refractivity contribution is -0.118. The summed E-state index contributed by atoms with van der Waals surface area (Å²) < 4.78 is 14.9. The third-order valence-corrected chi connectivity index (χ3v) is 3.99. The third kappa shape index (κ3) is 3.44. The minimum absolute atomic E-state index is 0.0748. The number of hydrogen-bond acceptors (Lipinski definition) is 3. The van der Waals surface area contributed by atoms with Gasteiger partial charge in [-0.2, -0.15) is 5.10 Å². The van der Waals surface area contributed by atoms with E-state index in [2.05, 4.69) is 10.1 Å². The molecule has 0 saturated carbocycles.